The molecule has 0 unspecified atom stereocenters. The minimum atomic E-state index is -4.75. The molecular formula is C23H12F5NOS. The lowest BCUT2D eigenvalue weighted by molar-refractivity contribution is -0.274. The minimum Gasteiger partial charge on any atom is -0.406 e. The van der Waals surface area contributed by atoms with Gasteiger partial charge in [-0.05, 0) is 78.3 Å². The van der Waals surface area contributed by atoms with Gasteiger partial charge in [-0.1, -0.05) is 24.0 Å². The average Bonchev–Trinajstić information content (AvgIpc) is 2.69. The molecule has 0 saturated heterocycles. The van der Waals surface area contributed by atoms with Gasteiger partial charge in [0.05, 0.1) is 5.16 Å². The monoisotopic (exact) mass is 445 g/mol. The highest BCUT2D eigenvalue weighted by atomic mass is 32.1. The lowest BCUT2D eigenvalue weighted by Crippen LogP contribution is -2.16. The van der Waals surface area contributed by atoms with Gasteiger partial charge in [0, 0.05) is 11.1 Å². The van der Waals surface area contributed by atoms with Gasteiger partial charge in [-0.15, -0.1) is 13.2 Å². The normalized spacial score (nSPS) is 10.6. The maximum atomic E-state index is 14.1. The maximum absolute atomic E-state index is 14.1. The summed E-state index contributed by atoms with van der Waals surface area (Å²) < 4.78 is 68.6. The van der Waals surface area contributed by atoms with Crippen molar-refractivity contribution < 1.29 is 26.7 Å². The molecule has 0 bridgehead atoms. The van der Waals surface area contributed by atoms with Crippen LogP contribution in [0.1, 0.15) is 16.7 Å². The zero-order valence-electron chi connectivity index (χ0n) is 15.8. The summed E-state index contributed by atoms with van der Waals surface area (Å²) in [6, 6.07) is 12.5. The molecule has 3 aromatic rings. The van der Waals surface area contributed by atoms with Crippen LogP contribution in [0, 0.1) is 30.4 Å². The minimum absolute atomic E-state index is 0.321. The van der Waals surface area contributed by atoms with Crippen LogP contribution in [0.25, 0.3) is 11.1 Å². The van der Waals surface area contributed by atoms with Gasteiger partial charge in [0.1, 0.15) is 11.4 Å². The number of hydrogen-bond acceptors (Lipinski definition) is 3. The molecule has 0 aliphatic rings. The summed E-state index contributed by atoms with van der Waals surface area (Å²) in [7, 11) is 0. The van der Waals surface area contributed by atoms with Gasteiger partial charge in [0.25, 0.3) is 0 Å². The molecule has 0 radical (unpaired) electrons. The zero-order valence-corrected chi connectivity index (χ0v) is 16.7. The first-order valence-corrected chi connectivity index (χ1v) is 9.13. The summed E-state index contributed by atoms with van der Waals surface area (Å²) in [6.45, 7) is 1.78. The van der Waals surface area contributed by atoms with E-state index in [0.717, 1.165) is 17.7 Å². The van der Waals surface area contributed by atoms with Gasteiger partial charge < -0.3 is 4.74 Å². The van der Waals surface area contributed by atoms with Crippen molar-refractivity contribution in [2.24, 2.45) is 4.99 Å². The molecule has 0 saturated carbocycles. The average molecular weight is 445 g/mol. The molecule has 0 aromatic heterocycles. The Kier molecular flexibility index (Phi) is 6.50. The van der Waals surface area contributed by atoms with E-state index >= 15 is 0 Å². The SMILES string of the molecule is Cc1cc(-c2cc(F)c(N=C=S)c(F)c2)ccc1C#Cc1ccc(OC(F)(F)F)cc1. The van der Waals surface area contributed by atoms with Crippen molar-refractivity contribution in [1.82, 2.24) is 0 Å². The van der Waals surface area contributed by atoms with Crippen molar-refractivity contribution in [1.29, 1.82) is 0 Å². The number of thiocarbonyl (C=S) groups is 1. The van der Waals surface area contributed by atoms with Crippen molar-refractivity contribution in [3.05, 3.63) is 82.9 Å². The first kappa shape index (κ1) is 22.2. The highest BCUT2D eigenvalue weighted by Crippen LogP contribution is 2.30. The third-order valence-electron chi connectivity index (χ3n) is 4.16. The molecule has 0 spiro atoms. The third-order valence-corrected chi connectivity index (χ3v) is 4.25. The number of aliphatic imine (C=N–C) groups is 1. The number of isothiocyanates is 1. The Bertz CT molecular complexity index is 1210. The highest BCUT2D eigenvalue weighted by molar-refractivity contribution is 7.78. The fraction of sp³-hybridized carbons (Fsp3) is 0.0870. The van der Waals surface area contributed by atoms with Gasteiger partial charge >= 0.3 is 6.36 Å². The molecule has 3 rings (SSSR count). The van der Waals surface area contributed by atoms with E-state index in [-0.39, 0.29) is 5.75 Å². The van der Waals surface area contributed by atoms with E-state index in [1.54, 1.807) is 25.1 Å². The van der Waals surface area contributed by atoms with Crippen LogP contribution in [0.15, 0.2) is 59.6 Å². The summed E-state index contributed by atoms with van der Waals surface area (Å²) in [6.07, 6.45) is -4.75. The summed E-state index contributed by atoms with van der Waals surface area (Å²) in [5.74, 6) is 3.74. The second kappa shape index (κ2) is 9.09. The van der Waals surface area contributed by atoms with Gasteiger partial charge in [0.2, 0.25) is 0 Å². The van der Waals surface area contributed by atoms with Crippen LogP contribution in [-0.4, -0.2) is 11.5 Å². The standard InChI is InChI=1S/C23H12F5NOS/c1-14-10-17(18-11-20(24)22(29-13-31)21(25)12-18)7-6-16(14)5-2-15-3-8-19(9-4-15)30-23(26,27)28/h3-4,6-12H,1H3. The number of ether oxygens (including phenoxy) is 1. The molecule has 0 aliphatic carbocycles. The zero-order chi connectivity index (χ0) is 22.6. The number of benzene rings is 3. The number of nitrogens with zero attached hydrogens (tertiary/aromatic N) is 1. The van der Waals surface area contributed by atoms with Crippen molar-refractivity contribution >= 4 is 23.1 Å². The van der Waals surface area contributed by atoms with Crippen LogP contribution in [0.3, 0.4) is 0 Å². The third kappa shape index (κ3) is 5.76. The summed E-state index contributed by atoms with van der Waals surface area (Å²) in [5.41, 5.74) is 2.31. The smallest absolute Gasteiger partial charge is 0.406 e. The molecule has 2 nitrogen and oxygen atoms in total. The van der Waals surface area contributed by atoms with E-state index in [9.17, 15) is 22.0 Å². The largest absolute Gasteiger partial charge is 0.573 e. The molecule has 8 heteroatoms. The predicted molar refractivity (Wildman–Crippen MR) is 110 cm³/mol. The van der Waals surface area contributed by atoms with Gasteiger partial charge in [-0.2, -0.15) is 4.99 Å². The molecular weight excluding hydrogens is 433 g/mol. The first-order valence-electron chi connectivity index (χ1n) is 8.72. The molecule has 0 amide bonds. The lowest BCUT2D eigenvalue weighted by Gasteiger charge is -2.08. The molecule has 0 fully saturated rings. The second-order valence-electron chi connectivity index (χ2n) is 6.34. The Balaban J connectivity index is 1.84. The van der Waals surface area contributed by atoms with Crippen LogP contribution in [0.4, 0.5) is 27.6 Å². The van der Waals surface area contributed by atoms with Crippen LogP contribution in [0.5, 0.6) is 5.75 Å². The van der Waals surface area contributed by atoms with E-state index in [0.29, 0.717) is 22.3 Å². The summed E-state index contributed by atoms with van der Waals surface area (Å²) in [4.78, 5) is 3.38. The topological polar surface area (TPSA) is 21.6 Å². The van der Waals surface area contributed by atoms with E-state index in [1.165, 1.54) is 24.3 Å². The highest BCUT2D eigenvalue weighted by Gasteiger charge is 2.30. The maximum Gasteiger partial charge on any atom is 0.573 e. The fourth-order valence-corrected chi connectivity index (χ4v) is 2.84. The van der Waals surface area contributed by atoms with E-state index in [4.69, 9.17) is 0 Å². The van der Waals surface area contributed by atoms with Crippen molar-refractivity contribution in [2.75, 3.05) is 0 Å². The molecule has 0 atom stereocenters. The van der Waals surface area contributed by atoms with E-state index in [1.807, 2.05) is 5.16 Å². The Morgan fingerprint density at radius 3 is 2.06 bits per heavy atom. The first-order chi connectivity index (χ1) is 14.7. The van der Waals surface area contributed by atoms with E-state index in [2.05, 4.69) is 33.8 Å². The van der Waals surface area contributed by atoms with Crippen LogP contribution in [-0.2, 0) is 0 Å². The van der Waals surface area contributed by atoms with Crippen molar-refractivity contribution in [3.8, 4) is 28.7 Å². The quantitative estimate of drug-likeness (QED) is 0.188. The summed E-state index contributed by atoms with van der Waals surface area (Å²) in [5, 5.41) is 1.94. The Hall–Kier alpha value is -3.53. The van der Waals surface area contributed by atoms with E-state index < -0.39 is 23.7 Å². The Morgan fingerprint density at radius 1 is 0.871 bits per heavy atom. The lowest BCUT2D eigenvalue weighted by atomic mass is 9.99. The molecule has 31 heavy (non-hydrogen) atoms. The molecule has 0 heterocycles. The number of rotatable bonds is 3. The van der Waals surface area contributed by atoms with Gasteiger partial charge in [-0.3, -0.25) is 0 Å². The second-order valence-corrected chi connectivity index (χ2v) is 6.53. The summed E-state index contributed by atoms with van der Waals surface area (Å²) >= 11 is 4.38. The number of aryl methyl sites for hydroxylation is 1. The molecule has 0 N–H and O–H groups in total. The number of hydrogen-bond donors (Lipinski definition) is 0. The van der Waals surface area contributed by atoms with Crippen LogP contribution in [0.2, 0.25) is 0 Å². The van der Waals surface area contributed by atoms with Crippen molar-refractivity contribution in [3.63, 3.8) is 0 Å². The van der Waals surface area contributed by atoms with Crippen molar-refractivity contribution in [2.45, 2.75) is 13.3 Å². The molecule has 0 aliphatic heterocycles. The predicted octanol–water partition coefficient (Wildman–Crippen LogP) is 6.97. The van der Waals surface area contributed by atoms with Gasteiger partial charge in [-0.25, -0.2) is 8.78 Å². The number of alkyl halides is 3. The Morgan fingerprint density at radius 2 is 1.52 bits per heavy atom. The van der Waals surface area contributed by atoms with Crippen LogP contribution < -0.4 is 4.74 Å². The Labute approximate surface area is 180 Å². The van der Waals surface area contributed by atoms with Crippen LogP contribution >= 0.6 is 12.2 Å². The number of halogens is 5. The molecule has 156 valence electrons. The van der Waals surface area contributed by atoms with Gasteiger partial charge in [0.15, 0.2) is 11.6 Å². The fourth-order valence-electron chi connectivity index (χ4n) is 2.75. The molecule has 3 aromatic carbocycles.